The van der Waals surface area contributed by atoms with Gasteiger partial charge < -0.3 is 15.2 Å². The molecule has 1 saturated carbocycles. The zero-order valence-electron chi connectivity index (χ0n) is 12.2. The highest BCUT2D eigenvalue weighted by molar-refractivity contribution is 5.87. The summed E-state index contributed by atoms with van der Waals surface area (Å²) in [5.74, 6) is -0.0151. The summed E-state index contributed by atoms with van der Waals surface area (Å²) in [7, 11) is 0. The average molecular weight is 283 g/mol. The summed E-state index contributed by atoms with van der Waals surface area (Å²) in [6.45, 7) is 3.64. The van der Waals surface area contributed by atoms with E-state index in [-0.39, 0.29) is 5.91 Å². The summed E-state index contributed by atoms with van der Waals surface area (Å²) in [4.78, 5) is 23.6. The van der Waals surface area contributed by atoms with Crippen LogP contribution >= 0.6 is 0 Å². The summed E-state index contributed by atoms with van der Waals surface area (Å²) in [6.07, 6.45) is 5.01. The molecule has 0 spiro atoms. The lowest BCUT2D eigenvalue weighted by molar-refractivity contribution is -0.149. The van der Waals surface area contributed by atoms with E-state index in [2.05, 4.69) is 12.2 Å². The van der Waals surface area contributed by atoms with E-state index in [1.54, 1.807) is 0 Å². The molecule has 1 amide bonds. The van der Waals surface area contributed by atoms with Crippen LogP contribution in [0.25, 0.3) is 0 Å². The van der Waals surface area contributed by atoms with Gasteiger partial charge in [0.2, 0.25) is 5.91 Å². The lowest BCUT2D eigenvalue weighted by Crippen LogP contribution is -2.56. The molecule has 1 unspecified atom stereocenters. The van der Waals surface area contributed by atoms with Crippen LogP contribution in [0.2, 0.25) is 0 Å². The number of hydrogen-bond donors (Lipinski definition) is 2. The Morgan fingerprint density at radius 3 is 2.55 bits per heavy atom. The van der Waals surface area contributed by atoms with Crippen LogP contribution in [0.3, 0.4) is 0 Å². The van der Waals surface area contributed by atoms with Gasteiger partial charge in [0.05, 0.1) is 0 Å². The van der Waals surface area contributed by atoms with Crippen LogP contribution in [0.5, 0.6) is 0 Å². The van der Waals surface area contributed by atoms with Crippen LogP contribution in [0.1, 0.15) is 51.9 Å². The van der Waals surface area contributed by atoms with Crippen molar-refractivity contribution in [3.8, 4) is 0 Å². The van der Waals surface area contributed by atoms with Crippen LogP contribution in [0.4, 0.5) is 0 Å². The van der Waals surface area contributed by atoms with E-state index in [0.717, 1.165) is 38.9 Å². The second-order valence-corrected chi connectivity index (χ2v) is 6.39. The van der Waals surface area contributed by atoms with Crippen molar-refractivity contribution >= 4 is 11.9 Å². The van der Waals surface area contributed by atoms with E-state index in [4.69, 9.17) is 4.74 Å². The highest BCUT2D eigenvalue weighted by atomic mass is 16.5. The van der Waals surface area contributed by atoms with Gasteiger partial charge in [-0.1, -0.05) is 6.92 Å². The standard InChI is InChI=1S/C15H25NO4/c1-11-4-7-15(8-5-11,14(18)19)16-13(17)3-2-12-6-9-20-10-12/h11-12H,2-10H2,1H3,(H,16,17)(H,18,19). The molecule has 114 valence electrons. The Kier molecular flexibility index (Phi) is 5.02. The number of ether oxygens (including phenoxy) is 1. The van der Waals surface area contributed by atoms with E-state index < -0.39 is 11.5 Å². The van der Waals surface area contributed by atoms with Gasteiger partial charge in [-0.3, -0.25) is 4.79 Å². The SMILES string of the molecule is CC1CCC(NC(=O)CCC2CCOC2)(C(=O)O)CC1. The molecule has 2 N–H and O–H groups in total. The minimum Gasteiger partial charge on any atom is -0.480 e. The highest BCUT2D eigenvalue weighted by Crippen LogP contribution is 2.32. The number of carbonyl (C=O) groups is 2. The minimum atomic E-state index is -1.03. The smallest absolute Gasteiger partial charge is 0.329 e. The first-order valence-electron chi connectivity index (χ1n) is 7.64. The predicted octanol–water partition coefficient (Wildman–Crippen LogP) is 1.95. The maximum absolute atomic E-state index is 12.0. The van der Waals surface area contributed by atoms with Crippen molar-refractivity contribution < 1.29 is 19.4 Å². The van der Waals surface area contributed by atoms with Gasteiger partial charge in [0.25, 0.3) is 0 Å². The van der Waals surface area contributed by atoms with E-state index in [0.29, 0.717) is 31.1 Å². The molecule has 0 aromatic rings. The molecule has 2 rings (SSSR count). The first kappa shape index (κ1) is 15.3. The Hall–Kier alpha value is -1.10. The van der Waals surface area contributed by atoms with Crippen molar-refractivity contribution in [2.75, 3.05) is 13.2 Å². The molecule has 1 aliphatic carbocycles. The second kappa shape index (κ2) is 6.57. The van der Waals surface area contributed by atoms with Crippen LogP contribution in [-0.4, -0.2) is 35.7 Å². The normalized spacial score (nSPS) is 33.9. The van der Waals surface area contributed by atoms with Crippen LogP contribution in [-0.2, 0) is 14.3 Å². The number of rotatable bonds is 5. The quantitative estimate of drug-likeness (QED) is 0.808. The third-order valence-electron chi connectivity index (χ3n) is 4.72. The van der Waals surface area contributed by atoms with E-state index in [9.17, 15) is 14.7 Å². The van der Waals surface area contributed by atoms with Crippen molar-refractivity contribution in [3.63, 3.8) is 0 Å². The maximum Gasteiger partial charge on any atom is 0.329 e. The molecule has 0 radical (unpaired) electrons. The lowest BCUT2D eigenvalue weighted by Gasteiger charge is -2.36. The van der Waals surface area contributed by atoms with Crippen molar-refractivity contribution in [2.24, 2.45) is 11.8 Å². The molecule has 1 aliphatic heterocycles. The van der Waals surface area contributed by atoms with E-state index in [1.807, 2.05) is 0 Å². The number of carboxylic acids is 1. The van der Waals surface area contributed by atoms with Gasteiger partial charge in [-0.2, -0.15) is 0 Å². The summed E-state index contributed by atoms with van der Waals surface area (Å²) >= 11 is 0. The predicted molar refractivity (Wildman–Crippen MR) is 74.3 cm³/mol. The fourth-order valence-corrected chi connectivity index (χ4v) is 3.12. The number of amides is 1. The highest BCUT2D eigenvalue weighted by Gasteiger charge is 2.42. The Balaban J connectivity index is 1.84. The molecule has 0 aromatic carbocycles. The summed E-state index contributed by atoms with van der Waals surface area (Å²) in [6, 6.07) is 0. The summed E-state index contributed by atoms with van der Waals surface area (Å²) in [5, 5.41) is 12.3. The van der Waals surface area contributed by atoms with Crippen LogP contribution in [0.15, 0.2) is 0 Å². The van der Waals surface area contributed by atoms with E-state index in [1.165, 1.54) is 0 Å². The van der Waals surface area contributed by atoms with Crippen molar-refractivity contribution in [3.05, 3.63) is 0 Å². The molecule has 2 aliphatic rings. The van der Waals surface area contributed by atoms with Crippen molar-refractivity contribution in [1.82, 2.24) is 5.32 Å². The molecule has 1 atom stereocenters. The zero-order valence-corrected chi connectivity index (χ0v) is 12.2. The third kappa shape index (κ3) is 3.72. The van der Waals surface area contributed by atoms with Gasteiger partial charge >= 0.3 is 5.97 Å². The molecule has 0 aromatic heterocycles. The van der Waals surface area contributed by atoms with Crippen LogP contribution < -0.4 is 5.32 Å². The largest absolute Gasteiger partial charge is 0.480 e. The molecule has 1 saturated heterocycles. The number of carbonyl (C=O) groups excluding carboxylic acids is 1. The zero-order chi connectivity index (χ0) is 14.6. The van der Waals surface area contributed by atoms with Gasteiger partial charge in [-0.15, -0.1) is 0 Å². The summed E-state index contributed by atoms with van der Waals surface area (Å²) in [5.41, 5.74) is -1.03. The first-order chi connectivity index (χ1) is 9.52. The Bertz CT molecular complexity index is 355. The second-order valence-electron chi connectivity index (χ2n) is 6.39. The van der Waals surface area contributed by atoms with Crippen molar-refractivity contribution in [2.45, 2.75) is 57.4 Å². The van der Waals surface area contributed by atoms with E-state index >= 15 is 0 Å². The van der Waals surface area contributed by atoms with Crippen LogP contribution in [0, 0.1) is 11.8 Å². The van der Waals surface area contributed by atoms with Gasteiger partial charge in [0.15, 0.2) is 0 Å². The molecular formula is C15H25NO4. The molecule has 5 nitrogen and oxygen atoms in total. The molecule has 5 heteroatoms. The topological polar surface area (TPSA) is 75.6 Å². The number of aliphatic carboxylic acids is 1. The van der Waals surface area contributed by atoms with Gasteiger partial charge in [0, 0.05) is 19.6 Å². The number of carboxylic acid groups (broad SMARTS) is 1. The Morgan fingerprint density at radius 2 is 2.00 bits per heavy atom. The Labute approximate surface area is 120 Å². The minimum absolute atomic E-state index is 0.131. The number of hydrogen-bond acceptors (Lipinski definition) is 3. The van der Waals surface area contributed by atoms with Crippen molar-refractivity contribution in [1.29, 1.82) is 0 Å². The molecule has 2 fully saturated rings. The molecular weight excluding hydrogens is 258 g/mol. The average Bonchev–Trinajstić information content (AvgIpc) is 2.92. The number of nitrogens with one attached hydrogen (secondary N) is 1. The first-order valence-corrected chi connectivity index (χ1v) is 7.64. The van der Waals surface area contributed by atoms with Gasteiger partial charge in [0.1, 0.15) is 5.54 Å². The van der Waals surface area contributed by atoms with Gasteiger partial charge in [-0.25, -0.2) is 4.79 Å². The fourth-order valence-electron chi connectivity index (χ4n) is 3.12. The lowest BCUT2D eigenvalue weighted by atomic mass is 9.77. The molecule has 0 bridgehead atoms. The molecule has 20 heavy (non-hydrogen) atoms. The summed E-state index contributed by atoms with van der Waals surface area (Å²) < 4.78 is 5.28. The molecule has 1 heterocycles. The third-order valence-corrected chi connectivity index (χ3v) is 4.72. The monoisotopic (exact) mass is 283 g/mol. The van der Waals surface area contributed by atoms with Gasteiger partial charge in [-0.05, 0) is 50.4 Å². The Morgan fingerprint density at radius 1 is 1.30 bits per heavy atom. The fraction of sp³-hybridized carbons (Fsp3) is 0.867. The maximum atomic E-state index is 12.0.